The van der Waals surface area contributed by atoms with Crippen molar-refractivity contribution in [2.45, 2.75) is 13.8 Å². The lowest BCUT2D eigenvalue weighted by molar-refractivity contribution is 0.0953. The quantitative estimate of drug-likeness (QED) is 0.845. The van der Waals surface area contributed by atoms with Crippen molar-refractivity contribution in [3.05, 3.63) is 15.5 Å². The third kappa shape index (κ3) is 2.97. The summed E-state index contributed by atoms with van der Waals surface area (Å²) in [6, 6.07) is 0. The standard InChI is InChI=1S/C8H11ClN2OS/c1-5(2)3-10-8(12)6-7(9)11-4-13-6/h4-5H,3H2,1-2H3,(H,10,12). The van der Waals surface area contributed by atoms with Gasteiger partial charge in [0, 0.05) is 6.54 Å². The fourth-order valence-electron chi connectivity index (χ4n) is 0.757. The van der Waals surface area contributed by atoms with E-state index in [-0.39, 0.29) is 11.1 Å². The highest BCUT2D eigenvalue weighted by Crippen LogP contribution is 2.17. The van der Waals surface area contributed by atoms with E-state index in [1.165, 1.54) is 11.3 Å². The monoisotopic (exact) mass is 218 g/mol. The Morgan fingerprint density at radius 2 is 2.46 bits per heavy atom. The molecule has 1 N–H and O–H groups in total. The molecule has 0 atom stereocenters. The second-order valence-electron chi connectivity index (χ2n) is 3.08. The highest BCUT2D eigenvalue weighted by molar-refractivity contribution is 7.12. The summed E-state index contributed by atoms with van der Waals surface area (Å²) in [5.41, 5.74) is 1.56. The maximum atomic E-state index is 11.4. The van der Waals surface area contributed by atoms with E-state index in [2.05, 4.69) is 10.3 Å². The predicted molar refractivity (Wildman–Crippen MR) is 54.3 cm³/mol. The van der Waals surface area contributed by atoms with Crippen molar-refractivity contribution in [2.24, 2.45) is 5.92 Å². The summed E-state index contributed by atoms with van der Waals surface area (Å²) < 4.78 is 0. The van der Waals surface area contributed by atoms with E-state index < -0.39 is 0 Å². The van der Waals surface area contributed by atoms with Crippen molar-refractivity contribution < 1.29 is 4.79 Å². The number of carbonyl (C=O) groups excluding carboxylic acids is 1. The first-order valence-corrected chi connectivity index (χ1v) is 5.24. The molecule has 72 valence electrons. The van der Waals surface area contributed by atoms with Crippen LogP contribution in [0.1, 0.15) is 23.5 Å². The first kappa shape index (κ1) is 10.5. The maximum absolute atomic E-state index is 11.4. The number of rotatable bonds is 3. The molecule has 1 aromatic rings. The minimum atomic E-state index is -0.138. The van der Waals surface area contributed by atoms with Gasteiger partial charge in [-0.05, 0) is 5.92 Å². The molecule has 0 radical (unpaired) electrons. The Morgan fingerprint density at radius 1 is 1.77 bits per heavy atom. The molecule has 0 bridgehead atoms. The van der Waals surface area contributed by atoms with Crippen molar-refractivity contribution in [3.63, 3.8) is 0 Å². The summed E-state index contributed by atoms with van der Waals surface area (Å²) >= 11 is 6.94. The lowest BCUT2D eigenvalue weighted by atomic mass is 10.2. The van der Waals surface area contributed by atoms with Crippen molar-refractivity contribution in [3.8, 4) is 0 Å². The fraction of sp³-hybridized carbons (Fsp3) is 0.500. The number of hydrogen-bond acceptors (Lipinski definition) is 3. The zero-order valence-electron chi connectivity index (χ0n) is 7.50. The zero-order valence-corrected chi connectivity index (χ0v) is 9.08. The number of halogens is 1. The van der Waals surface area contributed by atoms with Gasteiger partial charge in [0.25, 0.3) is 5.91 Å². The predicted octanol–water partition coefficient (Wildman–Crippen LogP) is 2.18. The Bertz CT molecular complexity index is 298. The van der Waals surface area contributed by atoms with Gasteiger partial charge < -0.3 is 5.32 Å². The maximum Gasteiger partial charge on any atom is 0.264 e. The number of thiazole rings is 1. The van der Waals surface area contributed by atoms with E-state index in [1.807, 2.05) is 13.8 Å². The summed E-state index contributed by atoms with van der Waals surface area (Å²) in [5.74, 6) is 0.303. The molecular formula is C8H11ClN2OS. The smallest absolute Gasteiger partial charge is 0.264 e. The van der Waals surface area contributed by atoms with Gasteiger partial charge in [0.15, 0.2) is 5.15 Å². The number of nitrogens with zero attached hydrogens (tertiary/aromatic N) is 1. The van der Waals surface area contributed by atoms with Gasteiger partial charge in [0.05, 0.1) is 5.51 Å². The van der Waals surface area contributed by atoms with Gasteiger partial charge in [-0.1, -0.05) is 25.4 Å². The van der Waals surface area contributed by atoms with E-state index in [1.54, 1.807) is 5.51 Å². The van der Waals surface area contributed by atoms with Crippen molar-refractivity contribution in [1.29, 1.82) is 0 Å². The Kier molecular flexibility index (Phi) is 3.69. The molecule has 0 aromatic carbocycles. The van der Waals surface area contributed by atoms with Crippen LogP contribution in [0.25, 0.3) is 0 Å². The van der Waals surface area contributed by atoms with Crippen molar-refractivity contribution in [2.75, 3.05) is 6.54 Å². The molecule has 3 nitrogen and oxygen atoms in total. The number of amides is 1. The zero-order chi connectivity index (χ0) is 9.84. The van der Waals surface area contributed by atoms with Crippen LogP contribution in [-0.2, 0) is 0 Å². The van der Waals surface area contributed by atoms with E-state index in [9.17, 15) is 4.79 Å². The van der Waals surface area contributed by atoms with Crippen LogP contribution in [0.5, 0.6) is 0 Å². The molecule has 0 saturated heterocycles. The molecule has 1 heterocycles. The molecule has 13 heavy (non-hydrogen) atoms. The molecule has 1 aromatic heterocycles. The van der Waals surface area contributed by atoms with Crippen LogP contribution in [0.4, 0.5) is 0 Å². The van der Waals surface area contributed by atoms with Crippen LogP contribution < -0.4 is 5.32 Å². The van der Waals surface area contributed by atoms with E-state index in [4.69, 9.17) is 11.6 Å². The molecule has 1 amide bonds. The van der Waals surface area contributed by atoms with Gasteiger partial charge in [-0.25, -0.2) is 4.98 Å². The van der Waals surface area contributed by atoms with Crippen molar-refractivity contribution >= 4 is 28.8 Å². The van der Waals surface area contributed by atoms with Gasteiger partial charge in [-0.15, -0.1) is 11.3 Å². The van der Waals surface area contributed by atoms with Crippen LogP contribution >= 0.6 is 22.9 Å². The molecule has 5 heteroatoms. The first-order valence-electron chi connectivity index (χ1n) is 3.98. The van der Waals surface area contributed by atoms with Crippen LogP contribution in [0.2, 0.25) is 5.15 Å². The Morgan fingerprint density at radius 3 is 2.92 bits per heavy atom. The van der Waals surface area contributed by atoms with Gasteiger partial charge in [0.2, 0.25) is 0 Å². The number of nitrogens with one attached hydrogen (secondary N) is 1. The first-order chi connectivity index (χ1) is 6.11. The van der Waals surface area contributed by atoms with Gasteiger partial charge in [0.1, 0.15) is 4.88 Å². The minimum absolute atomic E-state index is 0.138. The van der Waals surface area contributed by atoms with E-state index in [0.29, 0.717) is 17.3 Å². The molecule has 0 aliphatic carbocycles. The van der Waals surface area contributed by atoms with Crippen LogP contribution in [0, 0.1) is 5.92 Å². The highest BCUT2D eigenvalue weighted by atomic mass is 35.5. The normalized spacial score (nSPS) is 10.5. The SMILES string of the molecule is CC(C)CNC(=O)c1scnc1Cl. The van der Waals surface area contributed by atoms with Gasteiger partial charge in [-0.3, -0.25) is 4.79 Å². The average molecular weight is 219 g/mol. The molecule has 0 aliphatic rings. The summed E-state index contributed by atoms with van der Waals surface area (Å²) in [6.07, 6.45) is 0. The Balaban J connectivity index is 2.54. The largest absolute Gasteiger partial charge is 0.351 e. The minimum Gasteiger partial charge on any atom is -0.351 e. The van der Waals surface area contributed by atoms with Crippen LogP contribution in [0.15, 0.2) is 5.51 Å². The second-order valence-corrected chi connectivity index (χ2v) is 4.29. The third-order valence-corrected chi connectivity index (χ3v) is 2.62. The summed E-state index contributed by atoms with van der Waals surface area (Å²) in [6.45, 7) is 4.73. The van der Waals surface area contributed by atoms with Gasteiger partial charge >= 0.3 is 0 Å². The number of hydrogen-bond donors (Lipinski definition) is 1. The summed E-state index contributed by atoms with van der Waals surface area (Å²) in [4.78, 5) is 15.7. The number of aromatic nitrogens is 1. The topological polar surface area (TPSA) is 42.0 Å². The molecule has 0 unspecified atom stereocenters. The van der Waals surface area contributed by atoms with Crippen molar-refractivity contribution in [1.82, 2.24) is 10.3 Å². The van der Waals surface area contributed by atoms with Crippen LogP contribution in [0.3, 0.4) is 0 Å². The molecular weight excluding hydrogens is 208 g/mol. The fourth-order valence-corrected chi connectivity index (χ4v) is 1.68. The van der Waals surface area contributed by atoms with E-state index >= 15 is 0 Å². The molecule has 0 aliphatic heterocycles. The molecule has 0 saturated carbocycles. The molecule has 0 spiro atoms. The highest BCUT2D eigenvalue weighted by Gasteiger charge is 2.12. The Labute approximate surface area is 86.1 Å². The summed E-state index contributed by atoms with van der Waals surface area (Å²) in [7, 11) is 0. The molecule has 0 fully saturated rings. The van der Waals surface area contributed by atoms with E-state index in [0.717, 1.165) is 0 Å². The van der Waals surface area contributed by atoms with Crippen LogP contribution in [-0.4, -0.2) is 17.4 Å². The average Bonchev–Trinajstić information content (AvgIpc) is 2.47. The lowest BCUT2D eigenvalue weighted by Gasteiger charge is -2.05. The molecule has 1 rings (SSSR count). The lowest BCUT2D eigenvalue weighted by Crippen LogP contribution is -2.26. The Hall–Kier alpha value is -0.610. The van der Waals surface area contributed by atoms with Gasteiger partial charge in [-0.2, -0.15) is 0 Å². The number of carbonyl (C=O) groups is 1. The third-order valence-electron chi connectivity index (χ3n) is 1.40. The summed E-state index contributed by atoms with van der Waals surface area (Å²) in [5, 5.41) is 3.06. The second kappa shape index (κ2) is 4.58.